The molecule has 0 fully saturated rings. The van der Waals surface area contributed by atoms with Crippen LogP contribution >= 0.6 is 0 Å². The summed E-state index contributed by atoms with van der Waals surface area (Å²) >= 11 is 0. The quantitative estimate of drug-likeness (QED) is 0.858. The first-order valence-electron chi connectivity index (χ1n) is 8.19. The summed E-state index contributed by atoms with van der Waals surface area (Å²) < 4.78 is 0. The van der Waals surface area contributed by atoms with Gasteiger partial charge in [-0.05, 0) is 31.9 Å². The van der Waals surface area contributed by atoms with Gasteiger partial charge in [0.15, 0.2) is 0 Å². The van der Waals surface area contributed by atoms with E-state index in [1.807, 2.05) is 81.4 Å². The lowest BCUT2D eigenvalue weighted by atomic mass is 10.1. The predicted molar refractivity (Wildman–Crippen MR) is 95.1 cm³/mol. The van der Waals surface area contributed by atoms with Gasteiger partial charge < -0.3 is 10.2 Å². The molecule has 0 saturated heterocycles. The summed E-state index contributed by atoms with van der Waals surface area (Å²) in [4.78, 5) is 26.5. The lowest BCUT2D eigenvalue weighted by Crippen LogP contribution is -2.46. The van der Waals surface area contributed by atoms with Gasteiger partial charge in [-0.1, -0.05) is 60.7 Å². The minimum Gasteiger partial charge on any atom is -0.341 e. The number of carbonyl (C=O) groups excluding carboxylic acids is 2. The largest absolute Gasteiger partial charge is 0.341 e. The highest BCUT2D eigenvalue weighted by molar-refractivity contribution is 6.35. The minimum atomic E-state index is -0.573. The van der Waals surface area contributed by atoms with E-state index in [2.05, 4.69) is 5.32 Å². The maximum atomic E-state index is 12.6. The summed E-state index contributed by atoms with van der Waals surface area (Å²) in [5.41, 5.74) is 1.97. The van der Waals surface area contributed by atoms with Gasteiger partial charge in [-0.2, -0.15) is 0 Å². The van der Waals surface area contributed by atoms with Crippen molar-refractivity contribution in [3.8, 4) is 0 Å². The zero-order valence-electron chi connectivity index (χ0n) is 14.4. The highest BCUT2D eigenvalue weighted by Crippen LogP contribution is 2.13. The van der Waals surface area contributed by atoms with Gasteiger partial charge in [0.2, 0.25) is 0 Å². The fraction of sp³-hybridized carbons (Fsp3) is 0.300. The van der Waals surface area contributed by atoms with Crippen LogP contribution in [0.25, 0.3) is 0 Å². The van der Waals surface area contributed by atoms with Crippen LogP contribution in [0.5, 0.6) is 0 Å². The number of nitrogens with one attached hydrogen (secondary N) is 1. The molecule has 0 spiro atoms. The van der Waals surface area contributed by atoms with Crippen LogP contribution in [0.4, 0.5) is 0 Å². The second-order valence-corrected chi connectivity index (χ2v) is 6.12. The van der Waals surface area contributed by atoms with Gasteiger partial charge in [-0.25, -0.2) is 0 Å². The summed E-state index contributed by atoms with van der Waals surface area (Å²) in [5.74, 6) is -1.08. The fourth-order valence-electron chi connectivity index (χ4n) is 2.48. The molecule has 0 unspecified atom stereocenters. The van der Waals surface area contributed by atoms with Crippen LogP contribution in [-0.2, 0) is 16.1 Å². The number of benzene rings is 2. The first-order chi connectivity index (χ1) is 11.5. The molecule has 2 rings (SSSR count). The molecular weight excluding hydrogens is 300 g/mol. The summed E-state index contributed by atoms with van der Waals surface area (Å²) in [6, 6.07) is 19.0. The van der Waals surface area contributed by atoms with E-state index in [1.165, 1.54) is 0 Å². The van der Waals surface area contributed by atoms with Gasteiger partial charge in [0, 0.05) is 12.6 Å². The van der Waals surface area contributed by atoms with E-state index in [9.17, 15) is 9.59 Å². The van der Waals surface area contributed by atoms with Crippen LogP contribution in [-0.4, -0.2) is 22.8 Å². The van der Waals surface area contributed by atoms with Crippen molar-refractivity contribution in [1.82, 2.24) is 10.2 Å². The summed E-state index contributed by atoms with van der Waals surface area (Å²) in [6.45, 7) is 6.12. The normalized spacial score (nSPS) is 11.8. The molecule has 24 heavy (non-hydrogen) atoms. The predicted octanol–water partition coefficient (Wildman–Crippen LogP) is 3.30. The highest BCUT2D eigenvalue weighted by Gasteiger charge is 2.25. The Kier molecular flexibility index (Phi) is 6.13. The van der Waals surface area contributed by atoms with Crippen molar-refractivity contribution >= 4 is 11.8 Å². The van der Waals surface area contributed by atoms with Crippen molar-refractivity contribution in [3.05, 3.63) is 71.8 Å². The molecule has 1 atom stereocenters. The van der Waals surface area contributed by atoms with Gasteiger partial charge in [-0.3, -0.25) is 9.59 Å². The number of rotatable bonds is 5. The second-order valence-electron chi connectivity index (χ2n) is 6.12. The molecule has 1 N–H and O–H groups in total. The van der Waals surface area contributed by atoms with Gasteiger partial charge >= 0.3 is 11.8 Å². The Labute approximate surface area is 143 Å². The standard InChI is InChI=1S/C20H24N2O2/c1-15(2)22(14-17-10-6-4-7-11-17)20(24)19(23)21-16(3)18-12-8-5-9-13-18/h4-13,15-16H,14H2,1-3H3,(H,21,23)/t16-/m0/s1. The second kappa shape index (κ2) is 8.29. The average Bonchev–Trinajstić information content (AvgIpc) is 2.60. The maximum Gasteiger partial charge on any atom is 0.312 e. The SMILES string of the molecule is CC(C)N(Cc1ccccc1)C(=O)C(=O)N[C@@H](C)c1ccccc1. The Hall–Kier alpha value is -2.62. The fourth-order valence-corrected chi connectivity index (χ4v) is 2.48. The van der Waals surface area contributed by atoms with E-state index in [1.54, 1.807) is 4.90 Å². The van der Waals surface area contributed by atoms with Crippen molar-refractivity contribution in [2.75, 3.05) is 0 Å². The number of hydrogen-bond acceptors (Lipinski definition) is 2. The molecule has 0 aliphatic carbocycles. The topological polar surface area (TPSA) is 49.4 Å². The Bertz CT molecular complexity index is 669. The third kappa shape index (κ3) is 4.69. The van der Waals surface area contributed by atoms with Gasteiger partial charge in [0.25, 0.3) is 0 Å². The third-order valence-electron chi connectivity index (χ3n) is 3.92. The molecule has 0 bridgehead atoms. The van der Waals surface area contributed by atoms with Crippen LogP contribution in [0.3, 0.4) is 0 Å². The molecular formula is C20H24N2O2. The molecule has 0 radical (unpaired) electrons. The molecule has 126 valence electrons. The van der Waals surface area contributed by atoms with E-state index >= 15 is 0 Å². The monoisotopic (exact) mass is 324 g/mol. The number of nitrogens with zero attached hydrogens (tertiary/aromatic N) is 1. The molecule has 0 aromatic heterocycles. The number of hydrogen-bond donors (Lipinski definition) is 1. The highest BCUT2D eigenvalue weighted by atomic mass is 16.2. The van der Waals surface area contributed by atoms with E-state index in [-0.39, 0.29) is 12.1 Å². The molecule has 0 aliphatic heterocycles. The van der Waals surface area contributed by atoms with Crippen molar-refractivity contribution in [2.24, 2.45) is 0 Å². The Morgan fingerprint density at radius 1 is 0.917 bits per heavy atom. The van der Waals surface area contributed by atoms with Crippen LogP contribution in [0.1, 0.15) is 37.9 Å². The van der Waals surface area contributed by atoms with Crippen molar-refractivity contribution in [1.29, 1.82) is 0 Å². The van der Waals surface area contributed by atoms with Gasteiger partial charge in [0.1, 0.15) is 0 Å². The zero-order valence-corrected chi connectivity index (χ0v) is 14.4. The van der Waals surface area contributed by atoms with E-state index < -0.39 is 11.8 Å². The molecule has 0 aliphatic rings. The van der Waals surface area contributed by atoms with E-state index in [4.69, 9.17) is 0 Å². The number of amides is 2. The van der Waals surface area contributed by atoms with Crippen LogP contribution < -0.4 is 5.32 Å². The lowest BCUT2D eigenvalue weighted by molar-refractivity contribution is -0.147. The van der Waals surface area contributed by atoms with Crippen molar-refractivity contribution in [2.45, 2.75) is 39.4 Å². The summed E-state index contributed by atoms with van der Waals surface area (Å²) in [5, 5.41) is 2.79. The summed E-state index contributed by atoms with van der Waals surface area (Å²) in [6.07, 6.45) is 0. The molecule has 0 saturated carbocycles. The van der Waals surface area contributed by atoms with Crippen LogP contribution in [0.15, 0.2) is 60.7 Å². The molecule has 2 amide bonds. The van der Waals surface area contributed by atoms with Crippen LogP contribution in [0.2, 0.25) is 0 Å². The smallest absolute Gasteiger partial charge is 0.312 e. The number of carbonyl (C=O) groups is 2. The first kappa shape index (κ1) is 17.7. The summed E-state index contributed by atoms with van der Waals surface area (Å²) in [7, 11) is 0. The Morgan fingerprint density at radius 3 is 2.00 bits per heavy atom. The Morgan fingerprint density at radius 2 is 1.46 bits per heavy atom. The van der Waals surface area contributed by atoms with E-state index in [0.29, 0.717) is 6.54 Å². The van der Waals surface area contributed by atoms with Crippen molar-refractivity contribution in [3.63, 3.8) is 0 Å². The van der Waals surface area contributed by atoms with E-state index in [0.717, 1.165) is 11.1 Å². The lowest BCUT2D eigenvalue weighted by Gasteiger charge is -2.27. The molecule has 0 heterocycles. The van der Waals surface area contributed by atoms with Gasteiger partial charge in [0.05, 0.1) is 6.04 Å². The van der Waals surface area contributed by atoms with Crippen molar-refractivity contribution < 1.29 is 9.59 Å². The van der Waals surface area contributed by atoms with Crippen LogP contribution in [0, 0.1) is 0 Å². The Balaban J connectivity index is 2.04. The molecule has 4 heteroatoms. The van der Waals surface area contributed by atoms with Gasteiger partial charge in [-0.15, -0.1) is 0 Å². The molecule has 2 aromatic rings. The minimum absolute atomic E-state index is 0.0597. The molecule has 4 nitrogen and oxygen atoms in total. The average molecular weight is 324 g/mol. The third-order valence-corrected chi connectivity index (χ3v) is 3.92. The first-order valence-corrected chi connectivity index (χ1v) is 8.19. The molecule has 2 aromatic carbocycles. The maximum absolute atomic E-state index is 12.6. The zero-order chi connectivity index (χ0) is 17.5.